The van der Waals surface area contributed by atoms with Crippen LogP contribution in [0.3, 0.4) is 0 Å². The first-order valence-electron chi connectivity index (χ1n) is 15.6. The molecule has 0 atom stereocenters. The fourth-order valence-corrected chi connectivity index (χ4v) is 11.6. The quantitative estimate of drug-likeness (QED) is 0.420. The Labute approximate surface area is 227 Å². The Kier molecular flexibility index (Phi) is 5.61. The van der Waals surface area contributed by atoms with Gasteiger partial charge in [-0.1, -0.05) is 12.1 Å². The molecule has 2 aromatic rings. The van der Waals surface area contributed by atoms with Crippen molar-refractivity contribution in [2.24, 2.45) is 35.5 Å². The van der Waals surface area contributed by atoms with Gasteiger partial charge in [0.2, 0.25) is 0 Å². The van der Waals surface area contributed by atoms with E-state index in [0.29, 0.717) is 22.3 Å². The average molecular weight is 517 g/mol. The first kappa shape index (κ1) is 24.1. The zero-order valence-corrected chi connectivity index (χ0v) is 22.8. The van der Waals surface area contributed by atoms with E-state index in [-0.39, 0.29) is 26.4 Å². The van der Waals surface area contributed by atoms with Gasteiger partial charge in [0.05, 0.1) is 13.2 Å². The molecular weight excluding hydrogens is 472 g/mol. The van der Waals surface area contributed by atoms with E-state index in [0.717, 1.165) is 35.5 Å². The van der Waals surface area contributed by atoms with Crippen LogP contribution in [0.4, 0.5) is 0 Å². The number of benzene rings is 2. The number of aliphatic hydroxyl groups excluding tert-OH is 2. The summed E-state index contributed by atoms with van der Waals surface area (Å²) in [6, 6.07) is 9.64. The van der Waals surface area contributed by atoms with Gasteiger partial charge in [-0.2, -0.15) is 0 Å². The van der Waals surface area contributed by atoms with Gasteiger partial charge >= 0.3 is 0 Å². The summed E-state index contributed by atoms with van der Waals surface area (Å²) in [7, 11) is 0. The number of hydrogen-bond donors (Lipinski definition) is 2. The molecule has 0 unspecified atom stereocenters. The first-order valence-corrected chi connectivity index (χ1v) is 15.6. The molecule has 0 saturated heterocycles. The van der Waals surface area contributed by atoms with Gasteiger partial charge in [-0.3, -0.25) is 0 Å². The van der Waals surface area contributed by atoms with Gasteiger partial charge < -0.3 is 19.7 Å². The second kappa shape index (κ2) is 8.86. The van der Waals surface area contributed by atoms with Crippen LogP contribution < -0.4 is 9.47 Å². The van der Waals surface area contributed by atoms with E-state index in [1.54, 1.807) is 11.1 Å². The largest absolute Gasteiger partial charge is 0.487 e. The first-order chi connectivity index (χ1) is 18.5. The lowest BCUT2D eigenvalue weighted by molar-refractivity contribution is -0.00787. The van der Waals surface area contributed by atoms with Crippen LogP contribution in [-0.2, 0) is 10.8 Å². The number of fused-ring (bicyclic) bond motifs is 1. The van der Waals surface area contributed by atoms with Crippen LogP contribution in [0.5, 0.6) is 11.5 Å². The number of ether oxygens (including phenoxy) is 2. The van der Waals surface area contributed by atoms with E-state index in [1.807, 2.05) is 0 Å². The van der Waals surface area contributed by atoms with Crippen molar-refractivity contribution in [1.82, 2.24) is 0 Å². The molecule has 0 spiro atoms. The zero-order chi connectivity index (χ0) is 25.5. The average Bonchev–Trinajstić information content (AvgIpc) is 2.88. The van der Waals surface area contributed by atoms with Crippen molar-refractivity contribution >= 4 is 10.8 Å². The predicted octanol–water partition coefficient (Wildman–Crippen LogP) is 6.52. The van der Waals surface area contributed by atoms with Crippen LogP contribution in [0.1, 0.15) is 88.2 Å². The maximum Gasteiger partial charge on any atom is 0.161 e. The third kappa shape index (κ3) is 3.76. The molecule has 2 aromatic carbocycles. The molecule has 8 saturated carbocycles. The van der Waals surface area contributed by atoms with Crippen molar-refractivity contribution in [1.29, 1.82) is 0 Å². The number of rotatable bonds is 8. The molecule has 204 valence electrons. The molecule has 0 aromatic heterocycles. The summed E-state index contributed by atoms with van der Waals surface area (Å²) in [5.74, 6) is 6.88. The van der Waals surface area contributed by atoms with E-state index < -0.39 is 0 Å². The number of hydrogen-bond acceptors (Lipinski definition) is 4. The fraction of sp³-hybridized carbons (Fsp3) is 0.706. The summed E-state index contributed by atoms with van der Waals surface area (Å²) >= 11 is 0. The van der Waals surface area contributed by atoms with Gasteiger partial charge in [-0.25, -0.2) is 0 Å². The third-order valence-corrected chi connectivity index (χ3v) is 12.0. The summed E-state index contributed by atoms with van der Waals surface area (Å²) in [5.41, 5.74) is 3.87. The van der Waals surface area contributed by atoms with Crippen molar-refractivity contribution in [3.8, 4) is 11.5 Å². The van der Waals surface area contributed by atoms with Crippen molar-refractivity contribution in [2.45, 2.75) is 87.9 Å². The lowest BCUT2D eigenvalue weighted by atomic mass is 9.46. The Morgan fingerprint density at radius 1 is 0.579 bits per heavy atom. The van der Waals surface area contributed by atoms with Crippen LogP contribution in [0.25, 0.3) is 10.8 Å². The van der Waals surface area contributed by atoms with Crippen LogP contribution in [0.15, 0.2) is 24.3 Å². The fourth-order valence-electron chi connectivity index (χ4n) is 11.6. The summed E-state index contributed by atoms with van der Waals surface area (Å²) in [6.07, 6.45) is 17.0. The smallest absolute Gasteiger partial charge is 0.161 e. The van der Waals surface area contributed by atoms with Gasteiger partial charge in [0.25, 0.3) is 0 Å². The van der Waals surface area contributed by atoms with Gasteiger partial charge in [-0.15, -0.1) is 0 Å². The van der Waals surface area contributed by atoms with Crippen LogP contribution in [0, 0.1) is 35.5 Å². The van der Waals surface area contributed by atoms with E-state index in [2.05, 4.69) is 24.3 Å². The molecular formula is C34H44O4. The standard InChI is InChI=1S/C34H44O4/c35-1-3-37-31-12-27-11-28(33-15-21-5-22(16-33)7-23(6-21)17-33)13-30(29(27)14-32(31)38-4-2-36)34-18-24-8-25(19-34)10-26(9-24)20-34/h11-14,21-26,35-36H,1-10,15-20H2. The van der Waals surface area contributed by atoms with Gasteiger partial charge in [-0.05, 0) is 157 Å². The van der Waals surface area contributed by atoms with Gasteiger partial charge in [0.1, 0.15) is 13.2 Å². The Bertz CT molecular complexity index is 1160. The van der Waals surface area contributed by atoms with Crippen molar-refractivity contribution < 1.29 is 19.7 Å². The Balaban J connectivity index is 1.31. The van der Waals surface area contributed by atoms with Crippen molar-refractivity contribution in [3.05, 3.63) is 35.4 Å². The molecule has 8 bridgehead atoms. The number of aliphatic hydroxyl groups is 2. The van der Waals surface area contributed by atoms with Gasteiger partial charge in [0, 0.05) is 0 Å². The summed E-state index contributed by atoms with van der Waals surface area (Å²) in [4.78, 5) is 0. The molecule has 0 heterocycles. The molecule has 38 heavy (non-hydrogen) atoms. The molecule has 2 N–H and O–H groups in total. The van der Waals surface area contributed by atoms with E-state index in [9.17, 15) is 10.2 Å². The Morgan fingerprint density at radius 3 is 1.50 bits per heavy atom. The molecule has 8 aliphatic carbocycles. The predicted molar refractivity (Wildman–Crippen MR) is 149 cm³/mol. The molecule has 8 fully saturated rings. The normalized spacial score (nSPS) is 40.3. The van der Waals surface area contributed by atoms with Crippen molar-refractivity contribution in [3.63, 3.8) is 0 Å². The second-order valence-electron chi connectivity index (χ2n) is 14.6. The molecule has 0 radical (unpaired) electrons. The minimum Gasteiger partial charge on any atom is -0.487 e. The Hall–Kier alpha value is -1.78. The van der Waals surface area contributed by atoms with Crippen LogP contribution >= 0.6 is 0 Å². The molecule has 4 heteroatoms. The minimum atomic E-state index is -0.0245. The van der Waals surface area contributed by atoms with Crippen LogP contribution in [0.2, 0.25) is 0 Å². The zero-order valence-electron chi connectivity index (χ0n) is 22.8. The summed E-state index contributed by atoms with van der Waals surface area (Å²) < 4.78 is 12.1. The van der Waals surface area contributed by atoms with Gasteiger partial charge in [0.15, 0.2) is 11.5 Å². The monoisotopic (exact) mass is 516 g/mol. The highest BCUT2D eigenvalue weighted by Gasteiger charge is 2.54. The second-order valence-corrected chi connectivity index (χ2v) is 14.6. The molecule has 4 nitrogen and oxygen atoms in total. The van der Waals surface area contributed by atoms with E-state index in [1.165, 1.54) is 87.8 Å². The Morgan fingerprint density at radius 2 is 1.03 bits per heavy atom. The van der Waals surface area contributed by atoms with Crippen LogP contribution in [-0.4, -0.2) is 36.6 Å². The molecule has 0 amide bonds. The minimum absolute atomic E-state index is 0.0235. The highest BCUT2D eigenvalue weighted by molar-refractivity contribution is 5.91. The topological polar surface area (TPSA) is 58.9 Å². The molecule has 0 aliphatic heterocycles. The SMILES string of the molecule is OCCOc1cc2cc(C34CC5CC(CC(C5)C3)C4)cc(C34CC5CC(CC(C5)C3)C4)c2cc1OCCO. The lowest BCUT2D eigenvalue weighted by Gasteiger charge is -2.58. The van der Waals surface area contributed by atoms with Crippen molar-refractivity contribution in [2.75, 3.05) is 26.4 Å². The molecule has 8 aliphatic rings. The highest BCUT2D eigenvalue weighted by Crippen LogP contribution is 2.64. The maximum absolute atomic E-state index is 9.50. The third-order valence-electron chi connectivity index (χ3n) is 12.0. The molecule has 10 rings (SSSR count). The van der Waals surface area contributed by atoms with E-state index >= 15 is 0 Å². The summed E-state index contributed by atoms with van der Waals surface area (Å²) in [5, 5.41) is 21.6. The van der Waals surface area contributed by atoms with E-state index in [4.69, 9.17) is 9.47 Å². The highest BCUT2D eigenvalue weighted by atomic mass is 16.5. The lowest BCUT2D eigenvalue weighted by Crippen LogP contribution is -2.50. The summed E-state index contributed by atoms with van der Waals surface area (Å²) in [6.45, 7) is 0.449. The maximum atomic E-state index is 9.50.